The zero-order valence-corrected chi connectivity index (χ0v) is 44.9. The Bertz CT molecular complexity index is 4620. The van der Waals surface area contributed by atoms with Crippen molar-refractivity contribution in [2.75, 3.05) is 21.1 Å². The molecule has 3 aliphatic heterocycles. The number of imidazole rings is 2. The summed E-state index contributed by atoms with van der Waals surface area (Å²) in [6.07, 6.45) is 14.5. The van der Waals surface area contributed by atoms with Crippen LogP contribution in [0.3, 0.4) is 0 Å². The van der Waals surface area contributed by atoms with Gasteiger partial charge >= 0.3 is 20.7 Å². The summed E-state index contributed by atoms with van der Waals surface area (Å²) in [5.74, 6) is 7.78. The standard InChI is InChI=1S/2C22H22BN4O.C15H16BN4O/c2*1-15-10-11-18-19-13-25(3)23(12-20(19)28-22(18)24-15)21-14-27(16(2)26(21)4)17-8-6-5-7-9-17;1-11-5-6-12-13-10-18(2)16(20-8-4-7-19(20)3)9-14(13)21-15(12)17-11/h2*5-14H,1-4H3;4-10H,1-3H3/q3*+1/i2D3;;. The highest BCUT2D eigenvalue weighted by molar-refractivity contribution is 6.83. The van der Waals surface area contributed by atoms with Gasteiger partial charge in [0.25, 0.3) is 11.6 Å². The van der Waals surface area contributed by atoms with Gasteiger partial charge in [0.05, 0.1) is 27.3 Å². The molecule has 0 unspecified atom stereocenters. The van der Waals surface area contributed by atoms with E-state index in [1.54, 1.807) is 16.2 Å². The molecule has 12 heterocycles. The van der Waals surface area contributed by atoms with E-state index in [0.29, 0.717) is 17.1 Å². The second-order valence-electron chi connectivity index (χ2n) is 20.2. The molecule has 0 N–H and O–H groups in total. The normalized spacial score (nSPS) is 14.3. The maximum atomic E-state index is 8.13. The van der Waals surface area contributed by atoms with Gasteiger partial charge in [-0.1, -0.05) is 36.4 Å². The highest BCUT2D eigenvalue weighted by atomic mass is 16.3. The van der Waals surface area contributed by atoms with Crippen molar-refractivity contribution in [3.63, 3.8) is 0 Å². The summed E-state index contributed by atoms with van der Waals surface area (Å²) >= 11 is 0. The molecule has 0 atom stereocenters. The molecule has 2 aromatic carbocycles. The van der Waals surface area contributed by atoms with Gasteiger partial charge in [0.1, 0.15) is 51.2 Å². The number of hydrogen-bond donors (Lipinski definition) is 0. The van der Waals surface area contributed by atoms with Gasteiger partial charge in [-0.05, 0) is 127 Å². The highest BCUT2D eigenvalue weighted by Crippen LogP contribution is 2.13. The number of para-hydroxylation sites is 2. The Morgan fingerprint density at radius 1 is 0.481 bits per heavy atom. The van der Waals surface area contributed by atoms with Crippen LogP contribution in [0.15, 0.2) is 141 Å². The molecule has 380 valence electrons. The number of benzene rings is 2. The van der Waals surface area contributed by atoms with Gasteiger partial charge in [0, 0.05) is 85.0 Å². The lowest BCUT2D eigenvalue weighted by atomic mass is 9.56. The van der Waals surface area contributed by atoms with Crippen LogP contribution in [0.5, 0.6) is 0 Å². The topological polar surface area (TPSA) is 114 Å². The molecule has 9 aromatic heterocycles. The van der Waals surface area contributed by atoms with E-state index < -0.39 is 6.85 Å². The molecule has 77 heavy (non-hydrogen) atoms. The molecule has 0 bridgehead atoms. The summed E-state index contributed by atoms with van der Waals surface area (Å²) in [6.45, 7) is 5.76. The summed E-state index contributed by atoms with van der Waals surface area (Å²) in [6, 6.07) is 34.2. The molecule has 14 rings (SSSR count). The van der Waals surface area contributed by atoms with Gasteiger partial charge < -0.3 is 27.7 Å². The Hall–Kier alpha value is -9.05. The molecule has 0 amide bonds. The van der Waals surface area contributed by atoms with Gasteiger partial charge in [-0.15, -0.1) is 0 Å². The van der Waals surface area contributed by atoms with E-state index in [4.69, 9.17) is 17.4 Å². The van der Waals surface area contributed by atoms with Crippen LogP contribution in [0.1, 0.15) is 32.8 Å². The summed E-state index contributed by atoms with van der Waals surface area (Å²) in [4.78, 5) is 20.0. The average molecular weight is 1020 g/mol. The predicted molar refractivity (Wildman–Crippen MR) is 305 cm³/mol. The first kappa shape index (κ1) is 45.4. The zero-order valence-electron chi connectivity index (χ0n) is 47.9. The van der Waals surface area contributed by atoms with Crippen molar-refractivity contribution in [2.45, 2.75) is 34.5 Å². The minimum absolute atomic E-state index is 0.0859. The first-order valence-electron chi connectivity index (χ1n) is 27.2. The fraction of sp³-hybridized carbons (Fsp3) is 0.186. The van der Waals surface area contributed by atoms with Gasteiger partial charge in [-0.25, -0.2) is 33.2 Å². The van der Waals surface area contributed by atoms with Crippen molar-refractivity contribution in [3.8, 4) is 11.4 Å². The zero-order chi connectivity index (χ0) is 55.9. The molecular weight excluding hydrogens is 957 g/mol. The molecule has 0 saturated heterocycles. The molecular formula is C59H60B3N12O3+3. The lowest BCUT2D eigenvalue weighted by molar-refractivity contribution is -0.632. The van der Waals surface area contributed by atoms with Crippen LogP contribution in [0, 0.1) is 34.5 Å². The quantitative estimate of drug-likeness (QED) is 0.188. The Morgan fingerprint density at radius 3 is 1.32 bits per heavy atom. The van der Waals surface area contributed by atoms with Crippen LogP contribution in [-0.2, 0) is 21.1 Å². The number of pyridine rings is 3. The van der Waals surface area contributed by atoms with Crippen molar-refractivity contribution in [1.82, 2.24) is 43.2 Å². The first-order valence-corrected chi connectivity index (χ1v) is 25.7. The third-order valence-corrected chi connectivity index (χ3v) is 15.0. The Balaban J connectivity index is 0.000000122. The molecule has 11 aromatic rings. The monoisotopic (exact) mass is 1020 g/mol. The Labute approximate surface area is 451 Å². The third kappa shape index (κ3) is 8.72. The maximum Gasteiger partial charge on any atom is 0.672 e. The van der Waals surface area contributed by atoms with Crippen LogP contribution in [0.4, 0.5) is 0 Å². The number of hydrogen-bond acceptors (Lipinski definition) is 9. The largest absolute Gasteiger partial charge is 0.672 e. The van der Waals surface area contributed by atoms with Crippen LogP contribution in [0.2, 0.25) is 0 Å². The summed E-state index contributed by atoms with van der Waals surface area (Å²) in [7, 11) is 12.1. The van der Waals surface area contributed by atoms with E-state index in [1.165, 1.54) is 11.4 Å². The average Bonchev–Trinajstić information content (AvgIpc) is 4.41. The summed E-state index contributed by atoms with van der Waals surface area (Å²) < 4.78 is 54.7. The van der Waals surface area contributed by atoms with Gasteiger partial charge in [-0.3, -0.25) is 0 Å². The lowest BCUT2D eigenvalue weighted by Gasteiger charge is -2.20. The molecule has 0 fully saturated rings. The molecule has 0 spiro atoms. The van der Waals surface area contributed by atoms with Crippen molar-refractivity contribution in [2.24, 2.45) is 21.1 Å². The van der Waals surface area contributed by atoms with Crippen molar-refractivity contribution in [3.05, 3.63) is 189 Å². The van der Waals surface area contributed by atoms with Gasteiger partial charge in [0.15, 0.2) is 6.20 Å². The number of rotatable bonds is 5. The number of fused-ring (bicyclic) bond motifs is 9. The fourth-order valence-electron chi connectivity index (χ4n) is 10.7. The van der Waals surface area contributed by atoms with E-state index in [1.807, 2.05) is 126 Å². The SMILES string of the molecule is Cc1ccc2c3c(oc2n1)=CB([n+]1cccn1C)N(C)C=3.Cc1ccc2c3c(oc2n1)=CB(c1c[n+](-c2ccccc2)c(C)n1C)N(C)C=3.[2H]C([2H])([2H])c1n(C)c(B2C=c3oc4nc(C)ccc4c3=CN2C)c[n+]1-c1ccccc1. The van der Waals surface area contributed by atoms with E-state index in [9.17, 15) is 0 Å². The summed E-state index contributed by atoms with van der Waals surface area (Å²) in [5, 5.41) is 6.28. The third-order valence-electron chi connectivity index (χ3n) is 15.0. The van der Waals surface area contributed by atoms with Crippen LogP contribution in [0.25, 0.3) is 81.2 Å². The second kappa shape index (κ2) is 19.3. The highest BCUT2D eigenvalue weighted by Gasteiger charge is 2.38. The Kier molecular flexibility index (Phi) is 11.3. The molecule has 3 aliphatic rings. The summed E-state index contributed by atoms with van der Waals surface area (Å²) in [5.41, 5.74) is 11.4. The van der Waals surface area contributed by atoms with E-state index in [-0.39, 0.29) is 26.5 Å². The van der Waals surface area contributed by atoms with Crippen LogP contribution < -0.4 is 56.8 Å². The van der Waals surface area contributed by atoms with E-state index >= 15 is 0 Å². The minimum Gasteiger partial charge on any atom is -0.439 e. The molecule has 18 heteroatoms. The van der Waals surface area contributed by atoms with Crippen LogP contribution in [-0.4, -0.2) is 85.0 Å². The van der Waals surface area contributed by atoms with E-state index in [2.05, 4.69) is 149 Å². The van der Waals surface area contributed by atoms with Gasteiger partial charge in [0.2, 0.25) is 17.1 Å². The second-order valence-corrected chi connectivity index (χ2v) is 20.2. The maximum absolute atomic E-state index is 8.13. The van der Waals surface area contributed by atoms with Crippen molar-refractivity contribution >= 4 is 102 Å². The molecule has 0 saturated carbocycles. The lowest BCUT2D eigenvalue weighted by Crippen LogP contribution is -2.64. The number of aryl methyl sites for hydroxylation is 4. The smallest absolute Gasteiger partial charge is 0.439 e. The van der Waals surface area contributed by atoms with Crippen molar-refractivity contribution < 1.29 is 31.1 Å². The Morgan fingerprint density at radius 2 is 0.896 bits per heavy atom. The van der Waals surface area contributed by atoms with Gasteiger partial charge in [-0.2, -0.15) is 9.27 Å². The number of furan rings is 3. The molecule has 0 aliphatic carbocycles. The fourth-order valence-corrected chi connectivity index (χ4v) is 10.7. The predicted octanol–water partition coefficient (Wildman–Crippen LogP) is 1.73. The molecule has 0 radical (unpaired) electrons. The number of nitrogens with zero attached hydrogens (tertiary/aromatic N) is 12. The van der Waals surface area contributed by atoms with Crippen LogP contribution >= 0.6 is 0 Å². The first-order chi connectivity index (χ1) is 38.4. The molecule has 15 nitrogen and oxygen atoms in total. The minimum atomic E-state index is -2.27. The van der Waals surface area contributed by atoms with E-state index in [0.717, 1.165) is 82.1 Å². The van der Waals surface area contributed by atoms with Crippen molar-refractivity contribution in [1.29, 1.82) is 0 Å². The number of aromatic nitrogens is 9.